The Balaban J connectivity index is 2.10. The number of nitrogens with one attached hydrogen (secondary N) is 1. The van der Waals surface area contributed by atoms with Crippen LogP contribution in [0.1, 0.15) is 16.8 Å². The van der Waals surface area contributed by atoms with Crippen molar-refractivity contribution in [1.82, 2.24) is 0 Å². The average molecular weight is 266 g/mol. The highest BCUT2D eigenvalue weighted by Gasteiger charge is 2.34. The van der Waals surface area contributed by atoms with Crippen LogP contribution in [0.5, 0.6) is 0 Å². The zero-order valence-electron chi connectivity index (χ0n) is 10.8. The lowest BCUT2D eigenvalue weighted by Gasteiger charge is -2.26. The molecule has 0 radical (unpaired) electrons. The first-order valence-corrected chi connectivity index (χ1v) is 6.06. The fourth-order valence-corrected chi connectivity index (χ4v) is 2.06. The second-order valence-electron chi connectivity index (χ2n) is 4.65. The summed E-state index contributed by atoms with van der Waals surface area (Å²) < 4.78 is 10.8. The van der Waals surface area contributed by atoms with Crippen molar-refractivity contribution in [3.8, 4) is 0 Å². The Bertz CT molecular complexity index is 470. The molecule has 1 aromatic rings. The minimum absolute atomic E-state index is 0.200. The van der Waals surface area contributed by atoms with Crippen molar-refractivity contribution in [2.75, 3.05) is 37.9 Å². The molecule has 0 amide bonds. The van der Waals surface area contributed by atoms with E-state index in [0.29, 0.717) is 31.1 Å². The summed E-state index contributed by atoms with van der Waals surface area (Å²) in [5.74, 6) is -0.978. The number of nitrogen functional groups attached to an aromatic ring is 1. The minimum atomic E-state index is -0.978. The molecule has 104 valence electrons. The highest BCUT2D eigenvalue weighted by Crippen LogP contribution is 2.26. The van der Waals surface area contributed by atoms with Crippen LogP contribution in [0.3, 0.4) is 0 Å². The predicted molar refractivity (Wildman–Crippen MR) is 71.5 cm³/mol. The molecule has 0 aliphatic carbocycles. The van der Waals surface area contributed by atoms with Crippen LogP contribution in [0.25, 0.3) is 0 Å². The van der Waals surface area contributed by atoms with Gasteiger partial charge in [0.25, 0.3) is 0 Å². The molecule has 1 aromatic carbocycles. The van der Waals surface area contributed by atoms with Gasteiger partial charge in [0.15, 0.2) is 0 Å². The maximum absolute atomic E-state index is 10.9. The van der Waals surface area contributed by atoms with E-state index in [4.69, 9.17) is 20.3 Å². The van der Waals surface area contributed by atoms with E-state index in [0.717, 1.165) is 6.42 Å². The number of benzene rings is 1. The van der Waals surface area contributed by atoms with Gasteiger partial charge in [0.1, 0.15) is 5.60 Å². The number of hydrogen-bond acceptors (Lipinski definition) is 5. The molecular weight excluding hydrogens is 248 g/mol. The van der Waals surface area contributed by atoms with Gasteiger partial charge in [-0.2, -0.15) is 0 Å². The van der Waals surface area contributed by atoms with Gasteiger partial charge < -0.3 is 25.6 Å². The first-order valence-electron chi connectivity index (χ1n) is 6.06. The number of rotatable bonds is 5. The van der Waals surface area contributed by atoms with Crippen molar-refractivity contribution in [3.05, 3.63) is 23.8 Å². The molecule has 6 heteroatoms. The molecule has 1 saturated heterocycles. The maximum Gasteiger partial charge on any atom is 0.335 e. The van der Waals surface area contributed by atoms with Crippen molar-refractivity contribution in [3.63, 3.8) is 0 Å². The zero-order chi connectivity index (χ0) is 13.9. The molecule has 6 nitrogen and oxygen atoms in total. The summed E-state index contributed by atoms with van der Waals surface area (Å²) in [5, 5.41) is 12.1. The van der Waals surface area contributed by atoms with Crippen molar-refractivity contribution >= 4 is 17.3 Å². The van der Waals surface area contributed by atoms with E-state index < -0.39 is 5.97 Å². The summed E-state index contributed by atoms with van der Waals surface area (Å²) in [6.45, 7) is 1.71. The van der Waals surface area contributed by atoms with E-state index in [1.54, 1.807) is 13.2 Å². The van der Waals surface area contributed by atoms with Gasteiger partial charge in [0.2, 0.25) is 0 Å². The molecule has 0 aromatic heterocycles. The van der Waals surface area contributed by atoms with Crippen LogP contribution in [0.2, 0.25) is 0 Å². The molecule has 2 rings (SSSR count). The summed E-state index contributed by atoms with van der Waals surface area (Å²) in [5.41, 5.74) is 6.77. The summed E-state index contributed by atoms with van der Waals surface area (Å²) in [6, 6.07) is 4.58. The van der Waals surface area contributed by atoms with Crippen LogP contribution >= 0.6 is 0 Å². The number of aromatic carboxylic acids is 1. The number of methoxy groups -OCH3 is 1. The Labute approximate surface area is 111 Å². The number of nitrogens with two attached hydrogens (primary N) is 1. The molecule has 1 atom stereocenters. The van der Waals surface area contributed by atoms with E-state index in [9.17, 15) is 4.79 Å². The van der Waals surface area contributed by atoms with Crippen LogP contribution in [0.15, 0.2) is 18.2 Å². The Morgan fingerprint density at radius 1 is 1.63 bits per heavy atom. The molecule has 1 aliphatic rings. The van der Waals surface area contributed by atoms with Crippen LogP contribution in [0, 0.1) is 0 Å². The fourth-order valence-electron chi connectivity index (χ4n) is 2.06. The molecule has 0 bridgehead atoms. The number of anilines is 2. The maximum atomic E-state index is 10.9. The number of ether oxygens (including phenoxy) is 2. The van der Waals surface area contributed by atoms with E-state index >= 15 is 0 Å². The monoisotopic (exact) mass is 266 g/mol. The molecule has 0 spiro atoms. The largest absolute Gasteiger partial charge is 0.478 e. The van der Waals surface area contributed by atoms with Crippen molar-refractivity contribution in [1.29, 1.82) is 0 Å². The summed E-state index contributed by atoms with van der Waals surface area (Å²) >= 11 is 0. The van der Waals surface area contributed by atoms with E-state index in [-0.39, 0.29) is 11.2 Å². The zero-order valence-corrected chi connectivity index (χ0v) is 10.8. The summed E-state index contributed by atoms with van der Waals surface area (Å²) in [7, 11) is 1.65. The third kappa shape index (κ3) is 2.97. The van der Waals surface area contributed by atoms with Crippen LogP contribution < -0.4 is 11.1 Å². The number of carboxylic acids is 1. The molecule has 1 unspecified atom stereocenters. The molecule has 19 heavy (non-hydrogen) atoms. The van der Waals surface area contributed by atoms with Crippen LogP contribution in [-0.2, 0) is 9.47 Å². The third-order valence-corrected chi connectivity index (χ3v) is 3.40. The van der Waals surface area contributed by atoms with Gasteiger partial charge in [-0.1, -0.05) is 0 Å². The van der Waals surface area contributed by atoms with Gasteiger partial charge in [0.05, 0.1) is 23.5 Å². The van der Waals surface area contributed by atoms with E-state index in [2.05, 4.69) is 5.32 Å². The topological polar surface area (TPSA) is 93.8 Å². The lowest BCUT2D eigenvalue weighted by Crippen LogP contribution is -2.39. The normalized spacial score (nSPS) is 22.4. The standard InChI is InChI=1S/C13H18N2O4/c1-18-13(4-5-19-8-13)7-15-11-6-9(12(16)17)2-3-10(11)14/h2-3,6,15H,4-5,7-8,14H2,1H3,(H,16,17). The molecule has 1 fully saturated rings. The smallest absolute Gasteiger partial charge is 0.335 e. The molecular formula is C13H18N2O4. The van der Waals surface area contributed by atoms with Gasteiger partial charge in [-0.3, -0.25) is 0 Å². The fraction of sp³-hybridized carbons (Fsp3) is 0.462. The highest BCUT2D eigenvalue weighted by molar-refractivity contribution is 5.90. The van der Waals surface area contributed by atoms with Gasteiger partial charge in [-0.15, -0.1) is 0 Å². The lowest BCUT2D eigenvalue weighted by atomic mass is 10.0. The van der Waals surface area contributed by atoms with Gasteiger partial charge in [-0.05, 0) is 18.2 Å². The molecule has 4 N–H and O–H groups in total. The van der Waals surface area contributed by atoms with E-state index in [1.165, 1.54) is 12.1 Å². The van der Waals surface area contributed by atoms with Crippen molar-refractivity contribution in [2.24, 2.45) is 0 Å². The second kappa shape index (κ2) is 5.46. The first kappa shape index (κ1) is 13.6. The van der Waals surface area contributed by atoms with Crippen molar-refractivity contribution < 1.29 is 19.4 Å². The SMILES string of the molecule is COC1(CNc2cc(C(=O)O)ccc2N)CCOC1. The van der Waals surface area contributed by atoms with Crippen LogP contribution in [0.4, 0.5) is 11.4 Å². The molecule has 0 saturated carbocycles. The minimum Gasteiger partial charge on any atom is -0.478 e. The summed E-state index contributed by atoms with van der Waals surface area (Å²) in [4.78, 5) is 10.9. The molecule has 1 aliphatic heterocycles. The Morgan fingerprint density at radius 2 is 2.42 bits per heavy atom. The number of carbonyl (C=O) groups is 1. The van der Waals surface area contributed by atoms with Crippen molar-refractivity contribution in [2.45, 2.75) is 12.0 Å². The number of hydrogen-bond donors (Lipinski definition) is 3. The first-order chi connectivity index (χ1) is 9.06. The number of carboxylic acid groups (broad SMARTS) is 1. The van der Waals surface area contributed by atoms with Gasteiger partial charge in [-0.25, -0.2) is 4.79 Å². The Morgan fingerprint density at radius 3 is 3.00 bits per heavy atom. The molecule has 1 heterocycles. The Kier molecular flexibility index (Phi) is 3.92. The predicted octanol–water partition coefficient (Wildman–Crippen LogP) is 1.18. The van der Waals surface area contributed by atoms with Gasteiger partial charge in [0, 0.05) is 26.7 Å². The lowest BCUT2D eigenvalue weighted by molar-refractivity contribution is -0.00618. The highest BCUT2D eigenvalue weighted by atomic mass is 16.5. The quantitative estimate of drug-likeness (QED) is 0.693. The average Bonchev–Trinajstić information content (AvgIpc) is 2.87. The summed E-state index contributed by atoms with van der Waals surface area (Å²) in [6.07, 6.45) is 0.801. The second-order valence-corrected chi connectivity index (χ2v) is 4.65. The van der Waals surface area contributed by atoms with Crippen LogP contribution in [-0.4, -0.2) is 43.5 Å². The van der Waals surface area contributed by atoms with E-state index in [1.807, 2.05) is 0 Å². The van der Waals surface area contributed by atoms with Gasteiger partial charge >= 0.3 is 5.97 Å². The Hall–Kier alpha value is -1.79. The third-order valence-electron chi connectivity index (χ3n) is 3.40.